The van der Waals surface area contributed by atoms with Crippen molar-refractivity contribution in [1.82, 2.24) is 5.32 Å². The molecule has 0 unspecified atom stereocenters. The summed E-state index contributed by atoms with van der Waals surface area (Å²) in [6.07, 6.45) is 0. The van der Waals surface area contributed by atoms with Crippen LogP contribution in [0.3, 0.4) is 0 Å². The van der Waals surface area contributed by atoms with E-state index in [1.165, 1.54) is 0 Å². The number of methoxy groups -OCH3 is 2. The minimum absolute atomic E-state index is 0.386. The van der Waals surface area contributed by atoms with Gasteiger partial charge in [-0.05, 0) is 41.8 Å². The van der Waals surface area contributed by atoms with E-state index in [9.17, 15) is 0 Å². The molecular formula is C18H22ClN3O2. The van der Waals surface area contributed by atoms with Crippen LogP contribution in [0.25, 0.3) is 0 Å². The molecule has 0 amide bonds. The number of aliphatic imine (C=N–C) groups is 1. The zero-order chi connectivity index (χ0) is 17.5. The second-order valence-electron chi connectivity index (χ2n) is 5.33. The van der Waals surface area contributed by atoms with Crippen LogP contribution in [0, 0.1) is 6.92 Å². The van der Waals surface area contributed by atoms with Gasteiger partial charge >= 0.3 is 0 Å². The zero-order valence-corrected chi connectivity index (χ0v) is 14.9. The molecule has 128 valence electrons. The molecule has 0 fully saturated rings. The Kier molecular flexibility index (Phi) is 6.32. The van der Waals surface area contributed by atoms with Crippen molar-refractivity contribution in [2.24, 2.45) is 10.7 Å². The van der Waals surface area contributed by atoms with E-state index in [2.05, 4.69) is 10.3 Å². The molecule has 0 saturated carbocycles. The van der Waals surface area contributed by atoms with Gasteiger partial charge < -0.3 is 20.5 Å². The van der Waals surface area contributed by atoms with E-state index in [4.69, 9.17) is 26.8 Å². The van der Waals surface area contributed by atoms with Gasteiger partial charge in [-0.1, -0.05) is 29.8 Å². The van der Waals surface area contributed by atoms with Gasteiger partial charge in [0, 0.05) is 11.6 Å². The topological polar surface area (TPSA) is 68.9 Å². The summed E-state index contributed by atoms with van der Waals surface area (Å²) in [6, 6.07) is 11.5. The summed E-state index contributed by atoms with van der Waals surface area (Å²) in [5.41, 5.74) is 9.03. The van der Waals surface area contributed by atoms with Crippen molar-refractivity contribution in [3.63, 3.8) is 0 Å². The number of guanidine groups is 1. The van der Waals surface area contributed by atoms with Gasteiger partial charge in [0.05, 0.1) is 20.8 Å². The first-order valence-electron chi connectivity index (χ1n) is 7.53. The number of benzene rings is 2. The summed E-state index contributed by atoms with van der Waals surface area (Å²) < 4.78 is 10.5. The minimum Gasteiger partial charge on any atom is -0.493 e. The van der Waals surface area contributed by atoms with Crippen molar-refractivity contribution in [3.05, 3.63) is 58.1 Å². The molecule has 0 heterocycles. The van der Waals surface area contributed by atoms with Crippen molar-refractivity contribution < 1.29 is 9.47 Å². The van der Waals surface area contributed by atoms with E-state index >= 15 is 0 Å². The second-order valence-corrected chi connectivity index (χ2v) is 5.74. The molecule has 3 N–H and O–H groups in total. The minimum atomic E-state index is 0.386. The van der Waals surface area contributed by atoms with Crippen LogP contribution in [-0.2, 0) is 13.1 Å². The summed E-state index contributed by atoms with van der Waals surface area (Å²) in [4.78, 5) is 4.34. The fraction of sp³-hybridized carbons (Fsp3) is 0.278. The Morgan fingerprint density at radius 2 is 1.79 bits per heavy atom. The Morgan fingerprint density at radius 3 is 2.46 bits per heavy atom. The van der Waals surface area contributed by atoms with Gasteiger partial charge in [0.2, 0.25) is 0 Å². The number of ether oxygens (including phenoxy) is 2. The largest absolute Gasteiger partial charge is 0.493 e. The van der Waals surface area contributed by atoms with Crippen molar-refractivity contribution in [3.8, 4) is 11.5 Å². The van der Waals surface area contributed by atoms with Crippen LogP contribution in [0.15, 0.2) is 41.4 Å². The van der Waals surface area contributed by atoms with Crippen LogP contribution in [0.2, 0.25) is 5.02 Å². The number of hydrogen-bond acceptors (Lipinski definition) is 3. The molecule has 0 bridgehead atoms. The summed E-state index contributed by atoms with van der Waals surface area (Å²) >= 11 is 6.02. The smallest absolute Gasteiger partial charge is 0.189 e. The molecule has 2 aromatic carbocycles. The molecular weight excluding hydrogens is 326 g/mol. The van der Waals surface area contributed by atoms with Crippen LogP contribution in [0.5, 0.6) is 11.5 Å². The Hall–Kier alpha value is -2.40. The van der Waals surface area contributed by atoms with Gasteiger partial charge in [0.25, 0.3) is 0 Å². The molecule has 5 nitrogen and oxygen atoms in total. The quantitative estimate of drug-likeness (QED) is 0.621. The van der Waals surface area contributed by atoms with Gasteiger partial charge in [-0.2, -0.15) is 0 Å². The average Bonchev–Trinajstić information content (AvgIpc) is 2.60. The second kappa shape index (κ2) is 8.45. The molecule has 2 aromatic rings. The lowest BCUT2D eigenvalue weighted by atomic mass is 10.1. The molecule has 0 spiro atoms. The summed E-state index contributed by atoms with van der Waals surface area (Å²) in [7, 11) is 3.22. The number of halogens is 1. The lowest BCUT2D eigenvalue weighted by Crippen LogP contribution is -2.31. The number of nitrogens with zero attached hydrogens (tertiary/aromatic N) is 1. The van der Waals surface area contributed by atoms with Crippen LogP contribution in [0.4, 0.5) is 0 Å². The van der Waals surface area contributed by atoms with Crippen molar-refractivity contribution in [1.29, 1.82) is 0 Å². The highest BCUT2D eigenvalue weighted by atomic mass is 35.5. The highest BCUT2D eigenvalue weighted by Gasteiger charge is 2.04. The fourth-order valence-electron chi connectivity index (χ4n) is 2.22. The van der Waals surface area contributed by atoms with Gasteiger partial charge in [-0.25, -0.2) is 4.99 Å². The molecule has 0 aromatic heterocycles. The normalized spacial score (nSPS) is 11.2. The third-order valence-corrected chi connectivity index (χ3v) is 4.00. The van der Waals surface area contributed by atoms with Crippen LogP contribution >= 0.6 is 11.6 Å². The first kappa shape index (κ1) is 17.9. The maximum atomic E-state index is 6.02. The summed E-state index contributed by atoms with van der Waals surface area (Å²) in [6.45, 7) is 3.02. The Morgan fingerprint density at radius 1 is 1.08 bits per heavy atom. The molecule has 0 aliphatic heterocycles. The van der Waals surface area contributed by atoms with Crippen molar-refractivity contribution in [2.45, 2.75) is 20.0 Å². The highest BCUT2D eigenvalue weighted by Crippen LogP contribution is 2.27. The third kappa shape index (κ3) is 4.80. The lowest BCUT2D eigenvalue weighted by molar-refractivity contribution is 0.354. The standard InChI is InChI=1S/C18H22ClN3O2/c1-12-8-13(4-6-15(12)19)10-21-18(20)22-11-14-5-7-16(23-2)17(9-14)24-3/h4-9H,10-11H2,1-3H3,(H3,20,21,22). The van der Waals surface area contributed by atoms with E-state index in [0.29, 0.717) is 30.5 Å². The number of rotatable bonds is 6. The van der Waals surface area contributed by atoms with Crippen molar-refractivity contribution in [2.75, 3.05) is 14.2 Å². The maximum Gasteiger partial charge on any atom is 0.189 e. The number of nitrogens with one attached hydrogen (secondary N) is 1. The van der Waals surface area contributed by atoms with Crippen LogP contribution < -0.4 is 20.5 Å². The SMILES string of the molecule is COc1ccc(CNC(N)=NCc2ccc(Cl)c(C)c2)cc1OC. The van der Waals surface area contributed by atoms with E-state index in [-0.39, 0.29) is 0 Å². The first-order valence-corrected chi connectivity index (χ1v) is 7.91. The van der Waals surface area contributed by atoms with Crippen LogP contribution in [0.1, 0.15) is 16.7 Å². The predicted molar refractivity (Wildman–Crippen MR) is 97.9 cm³/mol. The maximum absolute atomic E-state index is 6.02. The number of nitrogens with two attached hydrogens (primary N) is 1. The first-order chi connectivity index (χ1) is 11.5. The van der Waals surface area contributed by atoms with E-state index in [0.717, 1.165) is 21.7 Å². The highest BCUT2D eigenvalue weighted by molar-refractivity contribution is 6.31. The Labute approximate surface area is 147 Å². The monoisotopic (exact) mass is 347 g/mol. The number of hydrogen-bond donors (Lipinski definition) is 2. The Balaban J connectivity index is 1.94. The molecule has 0 saturated heterocycles. The fourth-order valence-corrected chi connectivity index (χ4v) is 2.34. The van der Waals surface area contributed by atoms with Gasteiger partial charge in [-0.3, -0.25) is 0 Å². The predicted octanol–water partition coefficient (Wildman–Crippen LogP) is 3.27. The van der Waals surface area contributed by atoms with Gasteiger partial charge in [-0.15, -0.1) is 0 Å². The third-order valence-electron chi connectivity index (χ3n) is 3.58. The van der Waals surface area contributed by atoms with Crippen LogP contribution in [-0.4, -0.2) is 20.2 Å². The summed E-state index contributed by atoms with van der Waals surface area (Å²) in [5.74, 6) is 1.77. The molecule has 0 aliphatic rings. The zero-order valence-electron chi connectivity index (χ0n) is 14.1. The van der Waals surface area contributed by atoms with E-state index in [1.54, 1.807) is 14.2 Å². The molecule has 0 aliphatic carbocycles. The molecule has 6 heteroatoms. The average molecular weight is 348 g/mol. The molecule has 0 atom stereocenters. The van der Waals surface area contributed by atoms with Gasteiger partial charge in [0.15, 0.2) is 17.5 Å². The Bertz CT molecular complexity index is 732. The molecule has 24 heavy (non-hydrogen) atoms. The van der Waals surface area contributed by atoms with Crippen molar-refractivity contribution >= 4 is 17.6 Å². The molecule has 0 radical (unpaired) electrons. The van der Waals surface area contributed by atoms with Gasteiger partial charge in [0.1, 0.15) is 0 Å². The van der Waals surface area contributed by atoms with E-state index in [1.807, 2.05) is 43.3 Å². The summed E-state index contributed by atoms with van der Waals surface area (Å²) in [5, 5.41) is 3.84. The lowest BCUT2D eigenvalue weighted by Gasteiger charge is -2.10. The molecule has 2 rings (SSSR count). The van der Waals surface area contributed by atoms with E-state index < -0.39 is 0 Å². The number of aryl methyl sites for hydroxylation is 1.